The summed E-state index contributed by atoms with van der Waals surface area (Å²) in [6, 6.07) is 1.83. The molecule has 1 aromatic rings. The Bertz CT molecular complexity index is 696. The molecule has 8 nitrogen and oxygen atoms in total. The van der Waals surface area contributed by atoms with E-state index in [0.29, 0.717) is 5.95 Å². The van der Waals surface area contributed by atoms with E-state index in [0.717, 1.165) is 38.4 Å². The molecule has 25 heavy (non-hydrogen) atoms. The van der Waals surface area contributed by atoms with E-state index in [9.17, 15) is 8.42 Å². The molecule has 3 rings (SSSR count). The second-order valence-electron chi connectivity index (χ2n) is 7.19. The molecule has 0 radical (unpaired) electrons. The lowest BCUT2D eigenvalue weighted by molar-refractivity contribution is 0.401. The molecule has 0 aliphatic carbocycles. The van der Waals surface area contributed by atoms with E-state index in [4.69, 9.17) is 4.98 Å². The van der Waals surface area contributed by atoms with Gasteiger partial charge in [0.15, 0.2) is 9.84 Å². The Balaban J connectivity index is 1.72. The molecule has 1 aromatic heterocycles. The predicted octanol–water partition coefficient (Wildman–Crippen LogP) is -0.560. The maximum absolute atomic E-state index is 12.0. The molecule has 0 spiro atoms. The van der Waals surface area contributed by atoms with Gasteiger partial charge in [0.25, 0.3) is 0 Å². The summed E-state index contributed by atoms with van der Waals surface area (Å²) in [7, 11) is 3.14. The molecule has 0 bridgehead atoms. The number of piperazine rings is 1. The van der Waals surface area contributed by atoms with Crippen molar-refractivity contribution < 1.29 is 8.42 Å². The van der Waals surface area contributed by atoms with E-state index >= 15 is 0 Å². The maximum Gasteiger partial charge on any atom is 0.226 e. The minimum atomic E-state index is -2.98. The van der Waals surface area contributed by atoms with Crippen molar-refractivity contribution in [3.8, 4) is 0 Å². The molecule has 2 fully saturated rings. The highest BCUT2D eigenvalue weighted by Crippen LogP contribution is 2.26. The van der Waals surface area contributed by atoms with Crippen molar-refractivity contribution in [2.45, 2.75) is 18.5 Å². The Kier molecular flexibility index (Phi) is 5.45. The van der Waals surface area contributed by atoms with Gasteiger partial charge < -0.3 is 20.0 Å². The molecule has 2 aliphatic heterocycles. The summed E-state index contributed by atoms with van der Waals surface area (Å²) >= 11 is 0. The molecular formula is C16H28N6O2S. The fourth-order valence-electron chi connectivity index (χ4n) is 3.56. The monoisotopic (exact) mass is 368 g/mol. The third-order valence-corrected chi connectivity index (χ3v) is 6.56. The molecular weight excluding hydrogens is 340 g/mol. The van der Waals surface area contributed by atoms with Crippen LogP contribution in [0.2, 0.25) is 0 Å². The molecule has 9 heteroatoms. The van der Waals surface area contributed by atoms with Gasteiger partial charge in [-0.15, -0.1) is 0 Å². The van der Waals surface area contributed by atoms with Crippen LogP contribution >= 0.6 is 0 Å². The van der Waals surface area contributed by atoms with Crippen molar-refractivity contribution in [2.75, 3.05) is 68.6 Å². The molecule has 140 valence electrons. The van der Waals surface area contributed by atoms with Crippen LogP contribution in [0.15, 0.2) is 12.3 Å². The molecule has 0 saturated carbocycles. The highest BCUT2D eigenvalue weighted by Gasteiger charge is 2.43. The predicted molar refractivity (Wildman–Crippen MR) is 100 cm³/mol. The first-order valence-electron chi connectivity index (χ1n) is 8.75. The van der Waals surface area contributed by atoms with E-state index in [2.05, 4.69) is 39.1 Å². The first-order chi connectivity index (χ1) is 11.9. The third kappa shape index (κ3) is 4.39. The number of aromatic nitrogens is 2. The summed E-state index contributed by atoms with van der Waals surface area (Å²) in [5.41, 5.74) is 0. The first kappa shape index (κ1) is 18.3. The summed E-state index contributed by atoms with van der Waals surface area (Å²) < 4.78 is 24.0. The Labute approximate surface area is 150 Å². The summed E-state index contributed by atoms with van der Waals surface area (Å²) in [6.45, 7) is 3.43. The van der Waals surface area contributed by atoms with Crippen LogP contribution in [-0.4, -0.2) is 94.2 Å². The fourth-order valence-corrected chi connectivity index (χ4v) is 5.51. The third-order valence-electron chi connectivity index (χ3n) is 4.84. The van der Waals surface area contributed by atoms with Gasteiger partial charge in [-0.25, -0.2) is 13.4 Å². The quantitative estimate of drug-likeness (QED) is 0.716. The number of hydrogen-bond acceptors (Lipinski definition) is 8. The zero-order chi connectivity index (χ0) is 18.0. The van der Waals surface area contributed by atoms with Crippen LogP contribution in [0.1, 0.15) is 6.42 Å². The van der Waals surface area contributed by atoms with Crippen molar-refractivity contribution in [3.05, 3.63) is 12.3 Å². The standard InChI is InChI=1S/C16H28N6O2S/c1-20(2)8-4-9-21(3)16-18-6-5-15(19-16)22-10-7-17-13-11-25(23,24)12-14(13)22/h5-6,13-14,17H,4,7-12H2,1-3H3/t13-,14+/m1/s1. The van der Waals surface area contributed by atoms with Crippen LogP contribution in [0.5, 0.6) is 0 Å². The van der Waals surface area contributed by atoms with E-state index < -0.39 is 9.84 Å². The zero-order valence-corrected chi connectivity index (χ0v) is 16.0. The SMILES string of the molecule is CN(C)CCCN(C)c1nccc(N2CCN[C@@H]3CS(=O)(=O)C[C@@H]32)n1. The normalized spacial score (nSPS) is 25.2. The average Bonchev–Trinajstić information content (AvgIpc) is 2.88. The largest absolute Gasteiger partial charge is 0.350 e. The molecule has 2 atom stereocenters. The van der Waals surface area contributed by atoms with Crippen LogP contribution in [0.4, 0.5) is 11.8 Å². The van der Waals surface area contributed by atoms with Gasteiger partial charge >= 0.3 is 0 Å². The summed E-state index contributed by atoms with van der Waals surface area (Å²) in [5.74, 6) is 1.92. The van der Waals surface area contributed by atoms with Crippen LogP contribution in [0.3, 0.4) is 0 Å². The lowest BCUT2D eigenvalue weighted by Gasteiger charge is -2.38. The van der Waals surface area contributed by atoms with Crippen LogP contribution in [-0.2, 0) is 9.84 Å². The van der Waals surface area contributed by atoms with Crippen molar-refractivity contribution in [3.63, 3.8) is 0 Å². The molecule has 0 amide bonds. The number of sulfone groups is 1. The van der Waals surface area contributed by atoms with Gasteiger partial charge in [-0.2, -0.15) is 4.98 Å². The number of rotatable bonds is 6. The topological polar surface area (TPSA) is 81.7 Å². The Morgan fingerprint density at radius 3 is 2.84 bits per heavy atom. The van der Waals surface area contributed by atoms with Crippen molar-refractivity contribution >= 4 is 21.6 Å². The van der Waals surface area contributed by atoms with Crippen molar-refractivity contribution in [1.29, 1.82) is 0 Å². The van der Waals surface area contributed by atoms with E-state index in [-0.39, 0.29) is 23.6 Å². The molecule has 2 aliphatic rings. The number of anilines is 2. The molecule has 3 heterocycles. The van der Waals surface area contributed by atoms with Gasteiger partial charge in [0.05, 0.1) is 17.5 Å². The number of hydrogen-bond donors (Lipinski definition) is 1. The maximum atomic E-state index is 12.0. The van der Waals surface area contributed by atoms with Crippen LogP contribution in [0.25, 0.3) is 0 Å². The Morgan fingerprint density at radius 2 is 2.08 bits per heavy atom. The van der Waals surface area contributed by atoms with Gasteiger partial charge in [-0.3, -0.25) is 0 Å². The van der Waals surface area contributed by atoms with E-state index in [1.807, 2.05) is 13.1 Å². The molecule has 0 aromatic carbocycles. The smallest absolute Gasteiger partial charge is 0.226 e. The minimum absolute atomic E-state index is 0.00464. The fraction of sp³-hybridized carbons (Fsp3) is 0.750. The Hall–Kier alpha value is -1.45. The Morgan fingerprint density at radius 1 is 1.28 bits per heavy atom. The second kappa shape index (κ2) is 7.43. The lowest BCUT2D eigenvalue weighted by atomic mass is 10.1. The van der Waals surface area contributed by atoms with Gasteiger partial charge in [-0.05, 0) is 33.1 Å². The lowest BCUT2D eigenvalue weighted by Crippen LogP contribution is -2.57. The van der Waals surface area contributed by atoms with Crippen LogP contribution in [0, 0.1) is 0 Å². The van der Waals surface area contributed by atoms with Crippen molar-refractivity contribution in [1.82, 2.24) is 20.2 Å². The minimum Gasteiger partial charge on any atom is -0.350 e. The first-order valence-corrected chi connectivity index (χ1v) is 10.6. The van der Waals surface area contributed by atoms with Gasteiger partial charge in [0, 0.05) is 38.9 Å². The number of nitrogens with zero attached hydrogens (tertiary/aromatic N) is 5. The summed E-state index contributed by atoms with van der Waals surface area (Å²) in [4.78, 5) is 15.4. The van der Waals surface area contributed by atoms with Crippen LogP contribution < -0.4 is 15.1 Å². The van der Waals surface area contributed by atoms with Crippen molar-refractivity contribution in [2.24, 2.45) is 0 Å². The van der Waals surface area contributed by atoms with E-state index in [1.54, 1.807) is 6.20 Å². The van der Waals surface area contributed by atoms with E-state index in [1.165, 1.54) is 0 Å². The van der Waals surface area contributed by atoms with Gasteiger partial charge in [-0.1, -0.05) is 0 Å². The van der Waals surface area contributed by atoms with Gasteiger partial charge in [0.1, 0.15) is 5.82 Å². The number of fused-ring (bicyclic) bond motifs is 1. The summed E-state index contributed by atoms with van der Waals surface area (Å²) in [6.07, 6.45) is 2.80. The highest BCUT2D eigenvalue weighted by atomic mass is 32.2. The average molecular weight is 369 g/mol. The number of nitrogens with one attached hydrogen (secondary N) is 1. The second-order valence-corrected chi connectivity index (χ2v) is 9.35. The molecule has 0 unspecified atom stereocenters. The van der Waals surface area contributed by atoms with Gasteiger partial charge in [0.2, 0.25) is 5.95 Å². The summed E-state index contributed by atoms with van der Waals surface area (Å²) in [5, 5.41) is 3.33. The zero-order valence-electron chi connectivity index (χ0n) is 15.2. The highest BCUT2D eigenvalue weighted by molar-refractivity contribution is 7.91. The molecule has 1 N–H and O–H groups in total. The molecule has 2 saturated heterocycles.